The van der Waals surface area contributed by atoms with Crippen LogP contribution in [0.4, 0.5) is 11.4 Å². The van der Waals surface area contributed by atoms with Gasteiger partial charge in [0, 0.05) is 36.5 Å². The molecule has 166 valence electrons. The molecule has 31 heavy (non-hydrogen) atoms. The number of hydrogen-bond acceptors (Lipinski definition) is 6. The first kappa shape index (κ1) is 22.7. The quantitative estimate of drug-likeness (QED) is 0.475. The number of anilines is 1. The van der Waals surface area contributed by atoms with E-state index in [9.17, 15) is 23.3 Å². The molecule has 0 aromatic heterocycles. The van der Waals surface area contributed by atoms with Crippen molar-refractivity contribution in [2.75, 3.05) is 30.9 Å². The Kier molecular flexibility index (Phi) is 7.59. The van der Waals surface area contributed by atoms with E-state index in [2.05, 4.69) is 14.9 Å². The first-order chi connectivity index (χ1) is 14.8. The number of nitrogens with zero attached hydrogens (tertiary/aromatic N) is 2. The van der Waals surface area contributed by atoms with Crippen LogP contribution in [0.25, 0.3) is 0 Å². The molecule has 10 heteroatoms. The maximum absolute atomic E-state index is 12.5. The fourth-order valence-corrected chi connectivity index (χ4v) is 4.56. The third kappa shape index (κ3) is 6.50. The lowest BCUT2D eigenvalue weighted by molar-refractivity contribution is -0.385. The molecule has 0 saturated carbocycles. The highest BCUT2D eigenvalue weighted by Crippen LogP contribution is 2.20. The summed E-state index contributed by atoms with van der Waals surface area (Å²) < 4.78 is 27.4. The van der Waals surface area contributed by atoms with Crippen LogP contribution in [-0.2, 0) is 10.0 Å². The maximum Gasteiger partial charge on any atom is 0.270 e. The van der Waals surface area contributed by atoms with Crippen molar-refractivity contribution >= 4 is 27.3 Å². The Morgan fingerprint density at radius 1 is 1.03 bits per heavy atom. The average Bonchev–Trinajstić information content (AvgIpc) is 3.03. The lowest BCUT2D eigenvalue weighted by Crippen LogP contribution is -2.35. The topological polar surface area (TPSA) is 122 Å². The number of non-ortho nitro benzene ring substituents is 1. The Balaban J connectivity index is 1.56. The van der Waals surface area contributed by atoms with Crippen LogP contribution in [0.2, 0.25) is 0 Å². The normalized spacial score (nSPS) is 15.1. The Labute approximate surface area is 181 Å². The molecule has 0 spiro atoms. The van der Waals surface area contributed by atoms with Gasteiger partial charge >= 0.3 is 0 Å². The van der Waals surface area contributed by atoms with Gasteiger partial charge in [-0.3, -0.25) is 19.6 Å². The number of benzene rings is 2. The molecule has 1 saturated heterocycles. The van der Waals surface area contributed by atoms with Crippen LogP contribution in [-0.4, -0.2) is 50.3 Å². The molecule has 0 unspecified atom stereocenters. The highest BCUT2D eigenvalue weighted by Gasteiger charge is 2.18. The summed E-state index contributed by atoms with van der Waals surface area (Å²) in [5.41, 5.74) is 0.372. The van der Waals surface area contributed by atoms with Gasteiger partial charge in [0.2, 0.25) is 0 Å². The van der Waals surface area contributed by atoms with Crippen molar-refractivity contribution in [3.63, 3.8) is 0 Å². The lowest BCUT2D eigenvalue weighted by Gasteiger charge is -2.19. The summed E-state index contributed by atoms with van der Waals surface area (Å²) in [5, 5.41) is 13.8. The number of hydrogen-bond donors (Lipinski definition) is 2. The largest absolute Gasteiger partial charge is 0.351 e. The van der Waals surface area contributed by atoms with Crippen LogP contribution in [0.5, 0.6) is 0 Å². The van der Waals surface area contributed by atoms with E-state index in [1.807, 2.05) is 0 Å². The van der Waals surface area contributed by atoms with Gasteiger partial charge in [-0.15, -0.1) is 0 Å². The number of nitro groups is 1. The zero-order valence-electron chi connectivity index (χ0n) is 17.1. The molecule has 3 rings (SSSR count). The zero-order chi connectivity index (χ0) is 22.3. The summed E-state index contributed by atoms with van der Waals surface area (Å²) in [6.45, 7) is 3.50. The summed E-state index contributed by atoms with van der Waals surface area (Å²) in [5.74, 6) is -0.220. The molecule has 1 heterocycles. The molecule has 2 aromatic rings. The molecule has 0 atom stereocenters. The van der Waals surface area contributed by atoms with Crippen molar-refractivity contribution < 1.29 is 18.1 Å². The number of amides is 1. The van der Waals surface area contributed by atoms with Crippen molar-refractivity contribution in [1.29, 1.82) is 0 Å². The average molecular weight is 447 g/mol. The van der Waals surface area contributed by atoms with Crippen LogP contribution in [0, 0.1) is 10.1 Å². The number of nitro benzene ring substituents is 1. The van der Waals surface area contributed by atoms with Gasteiger partial charge in [0.25, 0.3) is 21.6 Å². The second-order valence-electron chi connectivity index (χ2n) is 7.45. The monoisotopic (exact) mass is 446 g/mol. The second kappa shape index (κ2) is 10.4. The van der Waals surface area contributed by atoms with E-state index in [-0.39, 0.29) is 22.2 Å². The van der Waals surface area contributed by atoms with Gasteiger partial charge in [0.1, 0.15) is 0 Å². The standard InChI is InChI=1S/C21H26N4O5S/c26-21(22-12-15-24-13-3-1-2-4-14-24)17-8-10-18(11-9-17)23-31(29,30)20-7-5-6-19(16-20)25(27)28/h5-11,16,23H,1-4,12-15H2,(H,22,26). The number of carbonyl (C=O) groups excluding carboxylic acids is 1. The van der Waals surface area contributed by atoms with Crippen molar-refractivity contribution in [2.24, 2.45) is 0 Å². The first-order valence-electron chi connectivity index (χ1n) is 10.2. The van der Waals surface area contributed by atoms with E-state index in [0.29, 0.717) is 12.1 Å². The third-order valence-corrected chi connectivity index (χ3v) is 6.53. The molecular formula is C21H26N4O5S. The Morgan fingerprint density at radius 2 is 1.71 bits per heavy atom. The minimum absolute atomic E-state index is 0.211. The van der Waals surface area contributed by atoms with Gasteiger partial charge in [-0.2, -0.15) is 0 Å². The van der Waals surface area contributed by atoms with Crippen LogP contribution in [0.1, 0.15) is 36.0 Å². The molecule has 1 fully saturated rings. The first-order valence-corrected chi connectivity index (χ1v) is 11.7. The fourth-order valence-electron chi connectivity index (χ4n) is 3.46. The Morgan fingerprint density at radius 3 is 2.35 bits per heavy atom. The van der Waals surface area contributed by atoms with Crippen LogP contribution < -0.4 is 10.0 Å². The van der Waals surface area contributed by atoms with Gasteiger partial charge in [-0.05, 0) is 56.3 Å². The van der Waals surface area contributed by atoms with Crippen molar-refractivity contribution in [2.45, 2.75) is 30.6 Å². The minimum atomic E-state index is -3.99. The van der Waals surface area contributed by atoms with Gasteiger partial charge < -0.3 is 10.2 Å². The molecule has 0 radical (unpaired) electrons. The number of sulfonamides is 1. The number of rotatable bonds is 8. The van der Waals surface area contributed by atoms with E-state index in [1.165, 1.54) is 68.1 Å². The van der Waals surface area contributed by atoms with E-state index in [4.69, 9.17) is 0 Å². The van der Waals surface area contributed by atoms with Crippen LogP contribution in [0.15, 0.2) is 53.4 Å². The predicted octanol–water partition coefficient (Wildman–Crippen LogP) is 3.00. The molecule has 2 N–H and O–H groups in total. The summed E-state index contributed by atoms with van der Waals surface area (Å²) in [6.07, 6.45) is 4.92. The molecule has 2 aromatic carbocycles. The van der Waals surface area contributed by atoms with Gasteiger partial charge in [0.15, 0.2) is 0 Å². The molecule has 9 nitrogen and oxygen atoms in total. The highest BCUT2D eigenvalue weighted by atomic mass is 32.2. The smallest absolute Gasteiger partial charge is 0.270 e. The molecular weight excluding hydrogens is 420 g/mol. The number of carbonyl (C=O) groups is 1. The summed E-state index contributed by atoms with van der Waals surface area (Å²) >= 11 is 0. The van der Waals surface area contributed by atoms with E-state index < -0.39 is 14.9 Å². The Bertz CT molecular complexity index is 1020. The van der Waals surface area contributed by atoms with Crippen molar-refractivity contribution in [1.82, 2.24) is 10.2 Å². The van der Waals surface area contributed by atoms with E-state index in [0.717, 1.165) is 25.7 Å². The zero-order valence-corrected chi connectivity index (χ0v) is 17.9. The van der Waals surface area contributed by atoms with Crippen LogP contribution in [0.3, 0.4) is 0 Å². The number of likely N-dealkylation sites (tertiary alicyclic amines) is 1. The van der Waals surface area contributed by atoms with E-state index >= 15 is 0 Å². The summed E-state index contributed by atoms with van der Waals surface area (Å²) in [7, 11) is -3.99. The Hall–Kier alpha value is -2.98. The molecule has 0 bridgehead atoms. The fraction of sp³-hybridized carbons (Fsp3) is 0.381. The summed E-state index contributed by atoms with van der Waals surface area (Å²) in [4.78, 5) is 24.7. The number of nitrogens with one attached hydrogen (secondary N) is 2. The van der Waals surface area contributed by atoms with Gasteiger partial charge in [-0.1, -0.05) is 18.9 Å². The second-order valence-corrected chi connectivity index (χ2v) is 9.13. The van der Waals surface area contributed by atoms with Crippen molar-refractivity contribution in [3.05, 3.63) is 64.2 Å². The molecule has 1 aliphatic rings. The lowest BCUT2D eigenvalue weighted by atomic mass is 10.2. The van der Waals surface area contributed by atoms with Gasteiger partial charge in [-0.25, -0.2) is 8.42 Å². The van der Waals surface area contributed by atoms with E-state index in [1.54, 1.807) is 0 Å². The summed E-state index contributed by atoms with van der Waals surface area (Å²) in [6, 6.07) is 10.8. The maximum atomic E-state index is 12.5. The third-order valence-electron chi connectivity index (χ3n) is 5.15. The highest BCUT2D eigenvalue weighted by molar-refractivity contribution is 7.92. The molecule has 0 aliphatic carbocycles. The van der Waals surface area contributed by atoms with Gasteiger partial charge in [0.05, 0.1) is 9.82 Å². The predicted molar refractivity (Wildman–Crippen MR) is 118 cm³/mol. The molecule has 1 amide bonds. The van der Waals surface area contributed by atoms with Crippen molar-refractivity contribution in [3.8, 4) is 0 Å². The van der Waals surface area contributed by atoms with Crippen LogP contribution >= 0.6 is 0 Å². The SMILES string of the molecule is O=C(NCCN1CCCCCC1)c1ccc(NS(=O)(=O)c2cccc([N+](=O)[O-])c2)cc1. The minimum Gasteiger partial charge on any atom is -0.351 e. The molecule has 1 aliphatic heterocycles.